The van der Waals surface area contributed by atoms with Crippen molar-refractivity contribution in [1.82, 2.24) is 0 Å². The second-order valence-corrected chi connectivity index (χ2v) is 8.00. The summed E-state index contributed by atoms with van der Waals surface area (Å²) < 4.78 is 64.6. The Morgan fingerprint density at radius 1 is 0.667 bits per heavy atom. The van der Waals surface area contributed by atoms with Gasteiger partial charge in [0.25, 0.3) is 0 Å². The Labute approximate surface area is 186 Å². The summed E-state index contributed by atoms with van der Waals surface area (Å²) in [5.41, 5.74) is 1.40. The normalized spacial score (nSPS) is 11.6. The molecule has 10 heteroatoms. The molecule has 0 aliphatic rings. The maximum Gasteiger partial charge on any atom is 1.00 e. The van der Waals surface area contributed by atoms with Crippen molar-refractivity contribution >= 4 is 31.0 Å². The quantitative estimate of drug-likeness (QED) is 0.362. The van der Waals surface area contributed by atoms with E-state index >= 15 is 0 Å². The van der Waals surface area contributed by atoms with Crippen LogP contribution in [0.15, 0.2) is 36.4 Å². The molecule has 0 unspecified atom stereocenters. The first-order chi connectivity index (χ1) is 10.2. The summed E-state index contributed by atoms with van der Waals surface area (Å²) in [5.74, 6) is -0.990. The summed E-state index contributed by atoms with van der Waals surface area (Å²) in [7, 11) is -8.60. The largest absolute Gasteiger partial charge is 1.00 e. The molecule has 0 N–H and O–H groups in total. The van der Waals surface area contributed by atoms with Crippen LogP contribution >= 0.6 is 0 Å². The van der Waals surface area contributed by atoms with Gasteiger partial charge in [-0.05, 0) is 34.7 Å². The second kappa shape index (κ2) is 10.0. The maximum absolute atomic E-state index is 10.8. The molecule has 24 heavy (non-hydrogen) atoms. The zero-order chi connectivity index (χ0) is 16.4. The topological polar surface area (TPSA) is 114 Å². The molecule has 0 atom stereocenters. The molecule has 2 aromatic carbocycles. The van der Waals surface area contributed by atoms with Gasteiger partial charge < -0.3 is 9.11 Å². The van der Waals surface area contributed by atoms with Crippen molar-refractivity contribution in [3.8, 4) is 0 Å². The molecule has 6 nitrogen and oxygen atoms in total. The van der Waals surface area contributed by atoms with Crippen LogP contribution in [-0.2, 0) is 33.1 Å². The molecule has 0 radical (unpaired) electrons. The van der Waals surface area contributed by atoms with Gasteiger partial charge in [-0.15, -0.1) is 0 Å². The minimum atomic E-state index is -4.30. The first-order valence-electron chi connectivity index (χ1n) is 6.52. The molecule has 2 rings (SSSR count). The Balaban J connectivity index is 0.00000264. The van der Waals surface area contributed by atoms with Crippen LogP contribution in [0.25, 0.3) is 10.8 Å². The third-order valence-corrected chi connectivity index (χ3v) is 4.76. The summed E-state index contributed by atoms with van der Waals surface area (Å²) in [6.45, 7) is 0. The number of fused-ring (bicyclic) bond motifs is 1. The number of hydrogen-bond donors (Lipinski definition) is 0. The van der Waals surface area contributed by atoms with E-state index < -0.39 is 31.7 Å². The van der Waals surface area contributed by atoms with E-state index in [1.807, 2.05) is 0 Å². The summed E-state index contributed by atoms with van der Waals surface area (Å²) in [5, 5.41) is 1.51. The van der Waals surface area contributed by atoms with Gasteiger partial charge in [-0.25, -0.2) is 16.8 Å². The van der Waals surface area contributed by atoms with Crippen LogP contribution in [-0.4, -0.2) is 37.4 Å². The zero-order valence-electron chi connectivity index (χ0n) is 13.6. The predicted molar refractivity (Wildman–Crippen MR) is 80.5 cm³/mol. The summed E-state index contributed by atoms with van der Waals surface area (Å²) in [6, 6.07) is 10.4. The molecule has 120 valence electrons. The van der Waals surface area contributed by atoms with E-state index in [0.29, 0.717) is 11.1 Å². The van der Waals surface area contributed by atoms with Crippen molar-refractivity contribution in [1.29, 1.82) is 0 Å². The molecule has 2 aromatic rings. The fourth-order valence-corrected chi connectivity index (χ4v) is 3.27. The molecular weight excluding hydrogens is 374 g/mol. The number of aryl methyl sites for hydroxylation is 2. The van der Waals surface area contributed by atoms with E-state index in [9.17, 15) is 25.9 Å². The number of benzene rings is 2. The number of rotatable bonds is 6. The molecule has 0 aliphatic carbocycles. The number of hydrogen-bond acceptors (Lipinski definition) is 6. The van der Waals surface area contributed by atoms with Crippen LogP contribution in [0.1, 0.15) is 11.1 Å². The summed E-state index contributed by atoms with van der Waals surface area (Å²) in [4.78, 5) is 0. The van der Waals surface area contributed by atoms with Crippen molar-refractivity contribution in [3.63, 3.8) is 0 Å². The van der Waals surface area contributed by atoms with Crippen LogP contribution in [0.5, 0.6) is 0 Å². The second-order valence-electron chi connectivity index (χ2n) is 4.95. The summed E-state index contributed by atoms with van der Waals surface area (Å²) in [6.07, 6.45) is 0.180. The van der Waals surface area contributed by atoms with Gasteiger partial charge in [0.1, 0.15) is 0 Å². The van der Waals surface area contributed by atoms with Crippen LogP contribution in [0.3, 0.4) is 0 Å². The van der Waals surface area contributed by atoms with Crippen molar-refractivity contribution in [2.75, 3.05) is 11.5 Å². The van der Waals surface area contributed by atoms with Crippen molar-refractivity contribution < 1.29 is 85.1 Å². The van der Waals surface area contributed by atoms with Crippen LogP contribution in [0.4, 0.5) is 0 Å². The molecule has 0 saturated heterocycles. The van der Waals surface area contributed by atoms with Crippen LogP contribution in [0, 0.1) is 0 Å². The van der Waals surface area contributed by atoms with Crippen molar-refractivity contribution in [3.05, 3.63) is 47.5 Å². The van der Waals surface area contributed by atoms with E-state index in [2.05, 4.69) is 0 Å². The van der Waals surface area contributed by atoms with Crippen molar-refractivity contribution in [2.45, 2.75) is 12.8 Å². The average Bonchev–Trinajstić information content (AvgIpc) is 2.41. The van der Waals surface area contributed by atoms with Gasteiger partial charge in [0.05, 0.1) is 20.2 Å². The molecule has 0 heterocycles. The van der Waals surface area contributed by atoms with Gasteiger partial charge in [0, 0.05) is 11.5 Å². The van der Waals surface area contributed by atoms with Crippen molar-refractivity contribution in [2.24, 2.45) is 0 Å². The van der Waals surface area contributed by atoms with E-state index in [1.165, 1.54) is 0 Å². The predicted octanol–water partition coefficient (Wildman–Crippen LogP) is -4.98. The SMILES string of the molecule is O=S(=O)([O-])CCc1ccc(CCS(=O)(=O)[O-])c2ccccc12.[Na+].[Na+]. The van der Waals surface area contributed by atoms with Gasteiger partial charge in [0.15, 0.2) is 0 Å². The van der Waals surface area contributed by atoms with Gasteiger partial charge in [0.2, 0.25) is 0 Å². The molecule has 0 bridgehead atoms. The maximum atomic E-state index is 10.8. The smallest absolute Gasteiger partial charge is 0.748 e. The molecule has 0 amide bonds. The first kappa shape index (κ1) is 24.5. The van der Waals surface area contributed by atoms with Crippen LogP contribution < -0.4 is 59.1 Å². The Kier molecular flexibility index (Phi) is 10.2. The Bertz CT molecular complexity index is 820. The average molecular weight is 388 g/mol. The first-order valence-corrected chi connectivity index (χ1v) is 9.68. The van der Waals surface area contributed by atoms with E-state index in [1.54, 1.807) is 36.4 Å². The third kappa shape index (κ3) is 7.82. The Morgan fingerprint density at radius 2 is 1.00 bits per heavy atom. The van der Waals surface area contributed by atoms with Gasteiger partial charge in [-0.2, -0.15) is 0 Å². The monoisotopic (exact) mass is 388 g/mol. The molecule has 0 aromatic heterocycles. The van der Waals surface area contributed by atoms with Gasteiger partial charge in [-0.3, -0.25) is 0 Å². The molecule has 0 spiro atoms. The standard InChI is InChI=1S/C14H16O6S2.2Na/c15-21(16,17)9-7-11-5-6-12(8-10-22(18,19)20)14-4-2-1-3-13(11)14;;/h1-6H,7-10H2,(H,15,16,17)(H,18,19,20);;/q;2*+1/p-2. The van der Waals surface area contributed by atoms with Gasteiger partial charge in [-0.1, -0.05) is 36.4 Å². The fourth-order valence-electron chi connectivity index (χ4n) is 2.33. The van der Waals surface area contributed by atoms with E-state index in [-0.39, 0.29) is 72.0 Å². The van der Waals surface area contributed by atoms with Crippen LogP contribution in [0.2, 0.25) is 0 Å². The summed E-state index contributed by atoms with van der Waals surface area (Å²) >= 11 is 0. The van der Waals surface area contributed by atoms with E-state index in [4.69, 9.17) is 0 Å². The minimum Gasteiger partial charge on any atom is -0.748 e. The molecule has 0 aliphatic heterocycles. The van der Waals surface area contributed by atoms with E-state index in [0.717, 1.165) is 10.8 Å². The Hall–Kier alpha value is 0.520. The Morgan fingerprint density at radius 3 is 1.29 bits per heavy atom. The molecular formula is C14H14Na2O6S2. The zero-order valence-corrected chi connectivity index (χ0v) is 19.2. The van der Waals surface area contributed by atoms with Gasteiger partial charge >= 0.3 is 59.1 Å². The fraction of sp³-hybridized carbons (Fsp3) is 0.286. The molecule has 0 fully saturated rings. The molecule has 0 saturated carbocycles. The third-order valence-electron chi connectivity index (χ3n) is 3.35. The minimum absolute atomic E-state index is 0.